The third-order valence-corrected chi connectivity index (χ3v) is 5.04. The van der Waals surface area contributed by atoms with Crippen molar-refractivity contribution in [2.45, 2.75) is 32.1 Å². The van der Waals surface area contributed by atoms with Gasteiger partial charge in [0.15, 0.2) is 0 Å². The van der Waals surface area contributed by atoms with Crippen molar-refractivity contribution in [3.05, 3.63) is 58.4 Å². The summed E-state index contributed by atoms with van der Waals surface area (Å²) in [5.74, 6) is -0.285. The highest BCUT2D eigenvalue weighted by Crippen LogP contribution is 2.19. The fraction of sp³-hybridized carbons (Fsp3) is 0.368. The van der Waals surface area contributed by atoms with Crippen LogP contribution in [0.4, 0.5) is 4.79 Å². The van der Waals surface area contributed by atoms with Crippen LogP contribution in [0.5, 0.6) is 0 Å². The molecule has 0 saturated carbocycles. The molecule has 3 N–H and O–H groups in total. The minimum absolute atomic E-state index is 0.206. The third kappa shape index (κ3) is 4.81. The van der Waals surface area contributed by atoms with Gasteiger partial charge in [-0.1, -0.05) is 41.9 Å². The van der Waals surface area contributed by atoms with E-state index in [0.717, 1.165) is 11.3 Å². The summed E-state index contributed by atoms with van der Waals surface area (Å²) in [6, 6.07) is 10.9. The quantitative estimate of drug-likeness (QED) is 0.730. The average Bonchev–Trinajstić information content (AvgIpc) is 3.00. The van der Waals surface area contributed by atoms with E-state index in [4.69, 9.17) is 16.3 Å². The maximum atomic E-state index is 12.5. The van der Waals surface area contributed by atoms with E-state index in [9.17, 15) is 14.7 Å². The van der Waals surface area contributed by atoms with Crippen LogP contribution in [-0.2, 0) is 11.3 Å². The molecule has 1 fully saturated rings. The van der Waals surface area contributed by atoms with E-state index in [0.29, 0.717) is 30.3 Å². The molecule has 3 rings (SSSR count). The van der Waals surface area contributed by atoms with E-state index in [1.807, 2.05) is 30.3 Å². The van der Waals surface area contributed by atoms with Gasteiger partial charge in [-0.2, -0.15) is 0 Å². The van der Waals surface area contributed by atoms with Gasteiger partial charge in [0.05, 0.1) is 30.3 Å². The smallest absolute Gasteiger partial charge is 0.407 e. The molecule has 8 heteroatoms. The van der Waals surface area contributed by atoms with Gasteiger partial charge in [0.2, 0.25) is 0 Å². The van der Waals surface area contributed by atoms with Gasteiger partial charge in [-0.25, -0.2) is 4.79 Å². The number of carboxylic acid groups (broad SMARTS) is 1. The minimum atomic E-state index is -0.986. The molecule has 1 saturated heterocycles. The summed E-state index contributed by atoms with van der Waals surface area (Å²) in [4.78, 5) is 28.1. The number of aromatic amines is 1. The summed E-state index contributed by atoms with van der Waals surface area (Å²) >= 11 is 6.01. The van der Waals surface area contributed by atoms with E-state index < -0.39 is 12.2 Å². The van der Waals surface area contributed by atoms with Crippen LogP contribution in [0.15, 0.2) is 36.4 Å². The highest BCUT2D eigenvalue weighted by atomic mass is 35.5. The Labute approximate surface area is 162 Å². The summed E-state index contributed by atoms with van der Waals surface area (Å²) in [5, 5.41) is 12.7. The number of aromatic nitrogens is 1. The maximum absolute atomic E-state index is 12.5. The SMILES string of the molecule is Cc1[nH]c(C(=O)N[C@@H]2CCN(C(=O)O)C[C@@H]2OCc2ccccc2)cc1Cl. The van der Waals surface area contributed by atoms with Gasteiger partial charge in [0.25, 0.3) is 5.91 Å². The lowest BCUT2D eigenvalue weighted by Gasteiger charge is -2.37. The summed E-state index contributed by atoms with van der Waals surface area (Å²) in [6.07, 6.45) is -0.948. The number of benzene rings is 1. The molecule has 1 aliphatic rings. The van der Waals surface area contributed by atoms with E-state index in [1.54, 1.807) is 13.0 Å². The van der Waals surface area contributed by atoms with Crippen LogP contribution in [0.1, 0.15) is 28.2 Å². The van der Waals surface area contributed by atoms with Gasteiger partial charge >= 0.3 is 6.09 Å². The Morgan fingerprint density at radius 2 is 2.11 bits per heavy atom. The number of carbonyl (C=O) groups excluding carboxylic acids is 1. The van der Waals surface area contributed by atoms with Gasteiger partial charge in [-0.3, -0.25) is 4.79 Å². The molecule has 0 unspecified atom stereocenters. The predicted octanol–water partition coefficient (Wildman–Crippen LogP) is 3.04. The Hall–Kier alpha value is -2.51. The normalized spacial score (nSPS) is 19.7. The fourth-order valence-corrected chi connectivity index (χ4v) is 3.26. The largest absolute Gasteiger partial charge is 0.465 e. The van der Waals surface area contributed by atoms with Crippen molar-refractivity contribution in [2.24, 2.45) is 0 Å². The number of likely N-dealkylation sites (tertiary alicyclic amines) is 1. The zero-order valence-electron chi connectivity index (χ0n) is 14.9. The van der Waals surface area contributed by atoms with Gasteiger partial charge < -0.3 is 25.0 Å². The van der Waals surface area contributed by atoms with Crippen molar-refractivity contribution in [2.75, 3.05) is 13.1 Å². The number of amides is 2. The van der Waals surface area contributed by atoms with Gasteiger partial charge in [0.1, 0.15) is 5.69 Å². The fourth-order valence-electron chi connectivity index (χ4n) is 3.10. The van der Waals surface area contributed by atoms with Crippen LogP contribution in [0, 0.1) is 6.92 Å². The Morgan fingerprint density at radius 3 is 2.74 bits per heavy atom. The van der Waals surface area contributed by atoms with Crippen LogP contribution in [0.2, 0.25) is 5.02 Å². The van der Waals surface area contributed by atoms with Crippen molar-refractivity contribution < 1.29 is 19.4 Å². The number of aryl methyl sites for hydroxylation is 1. The first-order valence-corrected chi connectivity index (χ1v) is 9.11. The number of H-pyrrole nitrogens is 1. The zero-order valence-corrected chi connectivity index (χ0v) is 15.7. The van der Waals surface area contributed by atoms with Crippen molar-refractivity contribution in [1.29, 1.82) is 0 Å². The Kier molecular flexibility index (Phi) is 6.03. The molecule has 1 aromatic carbocycles. The summed E-state index contributed by atoms with van der Waals surface area (Å²) in [6.45, 7) is 2.68. The molecular weight excluding hydrogens is 370 g/mol. The molecule has 0 spiro atoms. The lowest BCUT2D eigenvalue weighted by Crippen LogP contribution is -2.56. The van der Waals surface area contributed by atoms with Crippen molar-refractivity contribution >= 4 is 23.6 Å². The Balaban J connectivity index is 1.68. The van der Waals surface area contributed by atoms with Crippen molar-refractivity contribution in [3.8, 4) is 0 Å². The summed E-state index contributed by atoms with van der Waals surface area (Å²) in [5.41, 5.74) is 2.08. The van der Waals surface area contributed by atoms with Crippen molar-refractivity contribution in [3.63, 3.8) is 0 Å². The number of carbonyl (C=O) groups is 2. The predicted molar refractivity (Wildman–Crippen MR) is 101 cm³/mol. The number of hydrogen-bond acceptors (Lipinski definition) is 3. The van der Waals surface area contributed by atoms with Crippen LogP contribution in [0.3, 0.4) is 0 Å². The molecule has 1 aliphatic heterocycles. The average molecular weight is 392 g/mol. The lowest BCUT2D eigenvalue weighted by molar-refractivity contribution is -0.0251. The number of nitrogens with zero attached hydrogens (tertiary/aromatic N) is 1. The molecular formula is C19H22ClN3O4. The van der Waals surface area contributed by atoms with E-state index in [2.05, 4.69) is 10.3 Å². The molecule has 27 heavy (non-hydrogen) atoms. The van der Waals surface area contributed by atoms with Crippen LogP contribution in [-0.4, -0.2) is 52.2 Å². The third-order valence-electron chi connectivity index (χ3n) is 4.65. The van der Waals surface area contributed by atoms with Crippen LogP contribution >= 0.6 is 11.6 Å². The molecule has 0 radical (unpaired) electrons. The second-order valence-corrected chi connectivity index (χ2v) is 7.00. The highest BCUT2D eigenvalue weighted by Gasteiger charge is 2.33. The minimum Gasteiger partial charge on any atom is -0.465 e. The summed E-state index contributed by atoms with van der Waals surface area (Å²) in [7, 11) is 0. The van der Waals surface area contributed by atoms with Crippen molar-refractivity contribution in [1.82, 2.24) is 15.2 Å². The Morgan fingerprint density at radius 1 is 1.37 bits per heavy atom. The summed E-state index contributed by atoms with van der Waals surface area (Å²) < 4.78 is 5.97. The number of rotatable bonds is 5. The van der Waals surface area contributed by atoms with Gasteiger partial charge in [-0.05, 0) is 25.0 Å². The number of nitrogens with one attached hydrogen (secondary N) is 2. The van der Waals surface area contributed by atoms with Crippen LogP contribution < -0.4 is 5.32 Å². The number of halogens is 1. The number of piperidine rings is 1. The monoisotopic (exact) mass is 391 g/mol. The van der Waals surface area contributed by atoms with Gasteiger partial charge in [0, 0.05) is 12.2 Å². The molecule has 144 valence electrons. The zero-order chi connectivity index (χ0) is 19.4. The molecule has 2 aromatic rings. The number of hydrogen-bond donors (Lipinski definition) is 3. The first-order valence-electron chi connectivity index (χ1n) is 8.73. The Bertz CT molecular complexity index is 789. The first-order chi connectivity index (χ1) is 12.9. The lowest BCUT2D eigenvalue weighted by atomic mass is 10.0. The second kappa shape index (κ2) is 8.45. The molecule has 1 aromatic heterocycles. The maximum Gasteiger partial charge on any atom is 0.407 e. The first kappa shape index (κ1) is 19.3. The van der Waals surface area contributed by atoms with Crippen LogP contribution in [0.25, 0.3) is 0 Å². The molecule has 0 aliphatic carbocycles. The standard InChI is InChI=1S/C19H22ClN3O4/c1-12-14(20)9-16(21-12)18(24)22-15-7-8-23(19(25)26)10-17(15)27-11-13-5-3-2-4-6-13/h2-6,9,15,17,21H,7-8,10-11H2,1H3,(H,22,24)(H,25,26)/t15-,17+/m1/s1. The topological polar surface area (TPSA) is 94.7 Å². The molecule has 2 amide bonds. The second-order valence-electron chi connectivity index (χ2n) is 6.59. The van der Waals surface area contributed by atoms with E-state index in [1.165, 1.54) is 4.90 Å². The molecule has 2 atom stereocenters. The molecule has 0 bridgehead atoms. The number of ether oxygens (including phenoxy) is 1. The van der Waals surface area contributed by atoms with Gasteiger partial charge in [-0.15, -0.1) is 0 Å². The molecule has 7 nitrogen and oxygen atoms in total. The van der Waals surface area contributed by atoms with E-state index >= 15 is 0 Å². The molecule has 2 heterocycles. The van der Waals surface area contributed by atoms with E-state index in [-0.39, 0.29) is 18.5 Å². The highest BCUT2D eigenvalue weighted by molar-refractivity contribution is 6.31.